The second-order valence-corrected chi connectivity index (χ2v) is 9.10. The highest BCUT2D eigenvalue weighted by molar-refractivity contribution is 7.89. The summed E-state index contributed by atoms with van der Waals surface area (Å²) in [7, 11) is -0.969. The summed E-state index contributed by atoms with van der Waals surface area (Å²) in [5, 5.41) is 0. The summed E-state index contributed by atoms with van der Waals surface area (Å²) in [6.45, 7) is 9.54. The van der Waals surface area contributed by atoms with Crippen molar-refractivity contribution in [2.75, 3.05) is 14.2 Å². The quantitative estimate of drug-likeness (QED) is 0.678. The number of methoxy groups -OCH3 is 2. The van der Waals surface area contributed by atoms with Gasteiger partial charge in [-0.15, -0.1) is 0 Å². The summed E-state index contributed by atoms with van der Waals surface area (Å²) in [5.74, 6) is 0.437. The molecule has 1 unspecified atom stereocenters. The van der Waals surface area contributed by atoms with Crippen LogP contribution in [0.4, 0.5) is 0 Å². The third-order valence-corrected chi connectivity index (χ3v) is 6.62. The minimum absolute atomic E-state index is 0.0579. The first-order valence-corrected chi connectivity index (χ1v) is 10.9. The zero-order chi connectivity index (χ0) is 21.9. The Bertz CT molecular complexity index is 1010. The van der Waals surface area contributed by atoms with Crippen molar-refractivity contribution in [2.24, 2.45) is 0 Å². The van der Waals surface area contributed by atoms with Crippen molar-refractivity contribution in [3.63, 3.8) is 0 Å². The van der Waals surface area contributed by atoms with E-state index in [1.54, 1.807) is 33.1 Å². The van der Waals surface area contributed by atoms with Crippen molar-refractivity contribution in [2.45, 2.75) is 51.5 Å². The van der Waals surface area contributed by atoms with E-state index in [2.05, 4.69) is 18.6 Å². The maximum atomic E-state index is 13.1. The van der Waals surface area contributed by atoms with Crippen LogP contribution in [0.2, 0.25) is 0 Å². The summed E-state index contributed by atoms with van der Waals surface area (Å²) in [5.41, 5.74) is 3.56. The predicted octanol–water partition coefficient (Wildman–Crippen LogP) is 4.26. The molecule has 7 heteroatoms. The molecule has 0 spiro atoms. The van der Waals surface area contributed by atoms with E-state index in [1.165, 1.54) is 13.2 Å². The molecule has 2 aromatic rings. The summed E-state index contributed by atoms with van der Waals surface area (Å²) in [4.78, 5) is 11.9. The van der Waals surface area contributed by atoms with Crippen LogP contribution in [0.25, 0.3) is 0 Å². The van der Waals surface area contributed by atoms with Crippen LogP contribution in [0.5, 0.6) is 5.75 Å². The standard InChI is InChI=1S/C22H29NO5S/c1-13(2)18-12-19(15(4)10-20(18)27-6)16(5)23-29(25,26)21-11-17(22(24)28-7)9-8-14(21)3/h8-13,16,23H,1-7H3. The third-order valence-electron chi connectivity index (χ3n) is 4.94. The van der Waals surface area contributed by atoms with Crippen molar-refractivity contribution >= 4 is 16.0 Å². The van der Waals surface area contributed by atoms with Crippen LogP contribution in [0, 0.1) is 13.8 Å². The van der Waals surface area contributed by atoms with E-state index >= 15 is 0 Å². The molecule has 0 saturated carbocycles. The SMILES string of the molecule is COC(=O)c1ccc(C)c(S(=O)(=O)NC(C)c2cc(C(C)C)c(OC)cc2C)c1. The zero-order valence-corrected chi connectivity index (χ0v) is 18.8. The topological polar surface area (TPSA) is 81.7 Å². The van der Waals surface area contributed by atoms with Crippen molar-refractivity contribution < 1.29 is 22.7 Å². The second kappa shape index (κ2) is 8.97. The number of esters is 1. The maximum Gasteiger partial charge on any atom is 0.337 e. The number of ether oxygens (including phenoxy) is 2. The lowest BCUT2D eigenvalue weighted by atomic mass is 9.94. The van der Waals surface area contributed by atoms with E-state index in [1.807, 2.05) is 19.1 Å². The van der Waals surface area contributed by atoms with Gasteiger partial charge in [-0.2, -0.15) is 0 Å². The lowest BCUT2D eigenvalue weighted by Gasteiger charge is -2.21. The minimum atomic E-state index is -3.86. The smallest absolute Gasteiger partial charge is 0.337 e. The first-order chi connectivity index (χ1) is 13.5. The van der Waals surface area contributed by atoms with Gasteiger partial charge in [0.2, 0.25) is 10.0 Å². The van der Waals surface area contributed by atoms with Gasteiger partial charge in [0.1, 0.15) is 5.75 Å². The number of carbonyl (C=O) groups excluding carboxylic acids is 1. The fraction of sp³-hybridized carbons (Fsp3) is 0.409. The van der Waals surface area contributed by atoms with E-state index in [-0.39, 0.29) is 16.4 Å². The average molecular weight is 420 g/mol. The van der Waals surface area contributed by atoms with Crippen LogP contribution in [0.3, 0.4) is 0 Å². The summed E-state index contributed by atoms with van der Waals surface area (Å²) in [6.07, 6.45) is 0. The Hall–Kier alpha value is -2.38. The molecule has 0 amide bonds. The van der Waals surface area contributed by atoms with E-state index < -0.39 is 22.0 Å². The van der Waals surface area contributed by atoms with Crippen LogP contribution < -0.4 is 9.46 Å². The molecule has 0 saturated heterocycles. The molecule has 6 nitrogen and oxygen atoms in total. The monoisotopic (exact) mass is 419 g/mol. The van der Waals surface area contributed by atoms with Gasteiger partial charge in [-0.1, -0.05) is 19.9 Å². The van der Waals surface area contributed by atoms with Crippen molar-refractivity contribution in [3.8, 4) is 5.75 Å². The number of rotatable bonds is 7. The molecule has 0 aliphatic heterocycles. The number of benzene rings is 2. The number of hydrogen-bond donors (Lipinski definition) is 1. The largest absolute Gasteiger partial charge is 0.496 e. The summed E-state index contributed by atoms with van der Waals surface area (Å²) < 4.78 is 39.0. The first-order valence-electron chi connectivity index (χ1n) is 9.41. The van der Waals surface area contributed by atoms with Gasteiger partial charge >= 0.3 is 5.97 Å². The van der Waals surface area contributed by atoms with E-state index in [0.29, 0.717) is 5.56 Å². The molecule has 0 aliphatic rings. The fourth-order valence-electron chi connectivity index (χ4n) is 3.30. The predicted molar refractivity (Wildman–Crippen MR) is 113 cm³/mol. The summed E-state index contributed by atoms with van der Waals surface area (Å²) in [6, 6.07) is 7.94. The van der Waals surface area contributed by atoms with Crippen LogP contribution >= 0.6 is 0 Å². The fourth-order valence-corrected chi connectivity index (χ4v) is 4.80. The Labute approximate surface area is 173 Å². The number of aryl methyl sites for hydroxylation is 2. The molecule has 0 fully saturated rings. The summed E-state index contributed by atoms with van der Waals surface area (Å²) >= 11 is 0. The molecule has 0 heterocycles. The minimum Gasteiger partial charge on any atom is -0.496 e. The van der Waals surface area contributed by atoms with Gasteiger partial charge in [0, 0.05) is 6.04 Å². The van der Waals surface area contributed by atoms with Gasteiger partial charge in [0.15, 0.2) is 0 Å². The Kier molecular flexibility index (Phi) is 7.08. The van der Waals surface area contributed by atoms with Crippen molar-refractivity contribution in [3.05, 3.63) is 58.1 Å². The maximum absolute atomic E-state index is 13.1. The van der Waals surface area contributed by atoms with E-state index in [9.17, 15) is 13.2 Å². The van der Waals surface area contributed by atoms with Gasteiger partial charge < -0.3 is 9.47 Å². The number of nitrogens with one attached hydrogen (secondary N) is 1. The highest BCUT2D eigenvalue weighted by atomic mass is 32.2. The van der Waals surface area contributed by atoms with Gasteiger partial charge in [-0.05, 0) is 73.2 Å². The molecule has 0 aliphatic carbocycles. The highest BCUT2D eigenvalue weighted by Gasteiger charge is 2.24. The molecule has 2 aromatic carbocycles. The average Bonchev–Trinajstić information content (AvgIpc) is 2.66. The van der Waals surface area contributed by atoms with Crippen LogP contribution in [-0.2, 0) is 14.8 Å². The zero-order valence-electron chi connectivity index (χ0n) is 18.0. The normalized spacial score (nSPS) is 12.7. The molecule has 0 aromatic heterocycles. The molecule has 0 bridgehead atoms. The van der Waals surface area contributed by atoms with Crippen LogP contribution in [-0.4, -0.2) is 28.6 Å². The van der Waals surface area contributed by atoms with Crippen molar-refractivity contribution in [1.29, 1.82) is 0 Å². The lowest BCUT2D eigenvalue weighted by molar-refractivity contribution is 0.0600. The van der Waals surface area contributed by atoms with Gasteiger partial charge in [0.05, 0.1) is 24.7 Å². The molecular weight excluding hydrogens is 390 g/mol. The molecule has 158 valence electrons. The van der Waals surface area contributed by atoms with E-state index in [0.717, 1.165) is 22.4 Å². The molecular formula is C22H29NO5S. The Morgan fingerprint density at radius 2 is 1.62 bits per heavy atom. The molecule has 1 N–H and O–H groups in total. The van der Waals surface area contributed by atoms with Crippen LogP contribution in [0.1, 0.15) is 65.3 Å². The Balaban J connectivity index is 2.44. The van der Waals surface area contributed by atoms with Crippen LogP contribution in [0.15, 0.2) is 35.2 Å². The molecule has 29 heavy (non-hydrogen) atoms. The van der Waals surface area contributed by atoms with Gasteiger partial charge in [-0.3, -0.25) is 0 Å². The molecule has 1 atom stereocenters. The van der Waals surface area contributed by atoms with Crippen molar-refractivity contribution in [1.82, 2.24) is 4.72 Å². The molecule has 2 rings (SSSR count). The second-order valence-electron chi connectivity index (χ2n) is 7.42. The number of hydrogen-bond acceptors (Lipinski definition) is 5. The Morgan fingerprint density at radius 1 is 0.966 bits per heavy atom. The number of sulfonamides is 1. The first kappa shape index (κ1) is 22.9. The van der Waals surface area contributed by atoms with Gasteiger partial charge in [-0.25, -0.2) is 17.9 Å². The number of carbonyl (C=O) groups is 1. The molecule has 0 radical (unpaired) electrons. The van der Waals surface area contributed by atoms with E-state index in [4.69, 9.17) is 9.47 Å². The van der Waals surface area contributed by atoms with Gasteiger partial charge in [0.25, 0.3) is 0 Å². The Morgan fingerprint density at radius 3 is 2.17 bits per heavy atom. The third kappa shape index (κ3) is 4.97. The lowest BCUT2D eigenvalue weighted by Crippen LogP contribution is -2.28. The highest BCUT2D eigenvalue weighted by Crippen LogP contribution is 2.32.